The molecule has 31 heavy (non-hydrogen) atoms. The summed E-state index contributed by atoms with van der Waals surface area (Å²) in [5, 5.41) is 0. The molecule has 0 rings (SSSR count). The van der Waals surface area contributed by atoms with E-state index in [9.17, 15) is 0 Å². The van der Waals surface area contributed by atoms with Crippen molar-refractivity contribution in [3.63, 3.8) is 0 Å². The Labute approximate surface area is 201 Å². The van der Waals surface area contributed by atoms with Crippen LogP contribution in [0.1, 0.15) is 27.7 Å². The second-order valence-corrected chi connectivity index (χ2v) is 46.9. The molecule has 0 saturated carbocycles. The fourth-order valence-corrected chi connectivity index (χ4v) is 12.2. The summed E-state index contributed by atoms with van der Waals surface area (Å²) in [6.45, 7) is 30.2. The lowest BCUT2D eigenvalue weighted by molar-refractivity contribution is 0.233. The van der Waals surface area contributed by atoms with Gasteiger partial charge >= 0.3 is 9.28 Å². The first kappa shape index (κ1) is 36.5. The standard InChI is InChI=1S/C9H26O4Si3.C7H20OSi2.C5H12/c1-10-9-15(4,5)16(6,7)13-8-14(11-2)12-3;1-8-7-10(5,6)9(2,3)4;1-5(2,3)4/h14H,8-9H2,1-7H3;7H2,1-6H3;1-4H3. The Morgan fingerprint density at radius 2 is 0.935 bits per heavy atom. The molecule has 0 atom stereocenters. The highest BCUT2D eigenvalue weighted by atomic mass is 29.3. The van der Waals surface area contributed by atoms with E-state index in [1.54, 1.807) is 21.3 Å². The molecule has 0 bridgehead atoms. The van der Waals surface area contributed by atoms with E-state index in [4.69, 9.17) is 22.8 Å². The van der Waals surface area contributed by atoms with E-state index < -0.39 is 39.9 Å². The van der Waals surface area contributed by atoms with Crippen LogP contribution in [0.2, 0.25) is 58.9 Å². The second-order valence-electron chi connectivity index (χ2n) is 12.6. The van der Waals surface area contributed by atoms with Gasteiger partial charge < -0.3 is 22.8 Å². The molecule has 192 valence electrons. The normalized spacial score (nSPS) is 13.4. The molecule has 0 fully saturated rings. The molecule has 0 aromatic heterocycles. The largest absolute Gasteiger partial charge is 0.418 e. The smallest absolute Gasteiger partial charge is 0.346 e. The Morgan fingerprint density at radius 3 is 1.16 bits per heavy atom. The van der Waals surface area contributed by atoms with Gasteiger partial charge in [0.05, 0.1) is 13.8 Å². The summed E-state index contributed by atoms with van der Waals surface area (Å²) in [4.78, 5) is 0. The van der Waals surface area contributed by atoms with Gasteiger partial charge in [-0.15, -0.1) is 0 Å². The van der Waals surface area contributed by atoms with Gasteiger partial charge in [-0.25, -0.2) is 0 Å². The lowest BCUT2D eigenvalue weighted by Gasteiger charge is -2.37. The van der Waals surface area contributed by atoms with Crippen molar-refractivity contribution in [2.45, 2.75) is 86.6 Å². The van der Waals surface area contributed by atoms with E-state index in [1.165, 1.54) is 0 Å². The van der Waals surface area contributed by atoms with Crippen molar-refractivity contribution in [2.75, 3.05) is 47.1 Å². The molecule has 5 nitrogen and oxygen atoms in total. The van der Waals surface area contributed by atoms with E-state index in [1.807, 2.05) is 7.11 Å². The maximum Gasteiger partial charge on any atom is 0.346 e. The quantitative estimate of drug-likeness (QED) is 0.326. The van der Waals surface area contributed by atoms with Crippen molar-refractivity contribution < 1.29 is 22.8 Å². The van der Waals surface area contributed by atoms with E-state index in [-0.39, 0.29) is 0 Å². The van der Waals surface area contributed by atoms with E-state index in [2.05, 4.69) is 86.6 Å². The molecular weight excluding hydrogens is 473 g/mol. The Kier molecular flexibility index (Phi) is 18.5. The first-order valence-corrected chi connectivity index (χ1v) is 27.9. The van der Waals surface area contributed by atoms with Crippen LogP contribution < -0.4 is 0 Å². The maximum atomic E-state index is 6.12. The van der Waals surface area contributed by atoms with E-state index >= 15 is 0 Å². The van der Waals surface area contributed by atoms with Gasteiger partial charge in [0, 0.05) is 48.5 Å². The molecular formula is C21H58O5Si5. The van der Waals surface area contributed by atoms with Gasteiger partial charge in [0.2, 0.25) is 0 Å². The van der Waals surface area contributed by atoms with Crippen LogP contribution in [0.15, 0.2) is 0 Å². The molecule has 0 aliphatic carbocycles. The maximum absolute atomic E-state index is 6.12. The highest BCUT2D eigenvalue weighted by Gasteiger charge is 2.43. The fraction of sp³-hybridized carbons (Fsp3) is 1.00. The van der Waals surface area contributed by atoms with Crippen LogP contribution in [0.3, 0.4) is 0 Å². The number of hydrogen-bond donors (Lipinski definition) is 0. The van der Waals surface area contributed by atoms with Crippen LogP contribution in [0.25, 0.3) is 0 Å². The van der Waals surface area contributed by atoms with Crippen molar-refractivity contribution >= 4 is 39.9 Å². The van der Waals surface area contributed by atoms with Crippen molar-refractivity contribution in [2.24, 2.45) is 5.41 Å². The summed E-state index contributed by atoms with van der Waals surface area (Å²) in [5.41, 5.74) is 0.500. The zero-order valence-corrected chi connectivity index (χ0v) is 29.4. The van der Waals surface area contributed by atoms with Gasteiger partial charge in [0.15, 0.2) is 7.83 Å². The summed E-state index contributed by atoms with van der Waals surface area (Å²) in [5.74, 6) is 0. The van der Waals surface area contributed by atoms with Gasteiger partial charge in [0.1, 0.15) is 7.59 Å². The molecule has 0 unspecified atom stereocenters. The Bertz CT molecular complexity index is 436. The minimum Gasteiger partial charge on any atom is -0.418 e. The first-order chi connectivity index (χ1) is 13.6. The first-order valence-electron chi connectivity index (χ1n) is 11.3. The predicted molar refractivity (Wildman–Crippen MR) is 152 cm³/mol. The van der Waals surface area contributed by atoms with Crippen molar-refractivity contribution in [3.05, 3.63) is 0 Å². The molecule has 0 N–H and O–H groups in total. The van der Waals surface area contributed by atoms with Crippen LogP contribution in [0.4, 0.5) is 0 Å². The molecule has 0 aromatic carbocycles. The minimum atomic E-state index is -1.66. The third-order valence-electron chi connectivity index (χ3n) is 5.78. The fourth-order valence-electron chi connectivity index (χ4n) is 1.82. The average molecular weight is 531 g/mol. The summed E-state index contributed by atoms with van der Waals surface area (Å²) in [6, 6.07) is 0. The van der Waals surface area contributed by atoms with Crippen molar-refractivity contribution in [1.29, 1.82) is 0 Å². The SMILES string of the molecule is CC(C)(C)C.COC[Si](C)(C)[Si](C)(C)C.COC[Si](C)(C)[Si](C)(C)OC[SiH](OC)OC. The van der Waals surface area contributed by atoms with Gasteiger partial charge in [-0.05, 0) is 18.5 Å². The molecule has 0 aliphatic heterocycles. The Balaban J connectivity index is -0.000000443. The average Bonchev–Trinajstić information content (AvgIpc) is 2.53. The van der Waals surface area contributed by atoms with Gasteiger partial charge in [0.25, 0.3) is 0 Å². The number of hydrogen-bond acceptors (Lipinski definition) is 5. The number of rotatable bonds is 11. The highest BCUT2D eigenvalue weighted by molar-refractivity contribution is 7.40. The van der Waals surface area contributed by atoms with Crippen LogP contribution >= 0.6 is 0 Å². The van der Waals surface area contributed by atoms with Gasteiger partial charge in [-0.2, -0.15) is 0 Å². The Hall–Kier alpha value is 0.884. The predicted octanol–water partition coefficient (Wildman–Crippen LogP) is 5.58. The van der Waals surface area contributed by atoms with Crippen LogP contribution in [0, 0.1) is 5.41 Å². The van der Waals surface area contributed by atoms with Crippen LogP contribution in [-0.2, 0) is 22.8 Å². The van der Waals surface area contributed by atoms with Crippen molar-refractivity contribution in [1.82, 2.24) is 0 Å². The zero-order chi connectivity index (χ0) is 25.7. The van der Waals surface area contributed by atoms with Crippen LogP contribution in [0.5, 0.6) is 0 Å². The molecule has 0 saturated heterocycles. The minimum absolute atomic E-state index is 0.500. The highest BCUT2D eigenvalue weighted by Crippen LogP contribution is 2.21. The summed E-state index contributed by atoms with van der Waals surface area (Å²) in [6.07, 6.45) is 2.54. The third-order valence-corrected chi connectivity index (χ3v) is 41.1. The molecule has 0 aromatic rings. The van der Waals surface area contributed by atoms with Crippen molar-refractivity contribution in [3.8, 4) is 0 Å². The molecule has 0 amide bonds. The lowest BCUT2D eigenvalue weighted by atomic mass is 10.0. The molecule has 0 spiro atoms. The van der Waals surface area contributed by atoms with Gasteiger partial charge in [-0.1, -0.05) is 73.5 Å². The third kappa shape index (κ3) is 18.9. The van der Waals surface area contributed by atoms with E-state index in [0.717, 1.165) is 12.5 Å². The number of methoxy groups -OCH3 is 2. The van der Waals surface area contributed by atoms with Gasteiger partial charge in [-0.3, -0.25) is 0 Å². The summed E-state index contributed by atoms with van der Waals surface area (Å²) in [7, 11) is 0.414. The molecule has 0 heterocycles. The molecule has 10 heteroatoms. The lowest BCUT2D eigenvalue weighted by Crippen LogP contribution is -2.61. The summed E-state index contributed by atoms with van der Waals surface area (Å²) >= 11 is 0. The number of ether oxygens (including phenoxy) is 2. The molecule has 0 aliphatic rings. The van der Waals surface area contributed by atoms with Crippen LogP contribution in [-0.4, -0.2) is 87.0 Å². The second kappa shape index (κ2) is 15.7. The molecule has 0 radical (unpaired) electrons. The summed E-state index contributed by atoms with van der Waals surface area (Å²) < 4.78 is 27.2. The monoisotopic (exact) mass is 530 g/mol. The topological polar surface area (TPSA) is 46.2 Å². The van der Waals surface area contributed by atoms with E-state index in [0.29, 0.717) is 11.6 Å². The zero-order valence-electron chi connectivity index (χ0n) is 24.2. The Morgan fingerprint density at radius 1 is 0.613 bits per heavy atom.